The van der Waals surface area contributed by atoms with Crippen LogP contribution in [0.15, 0.2) is 22.7 Å². The van der Waals surface area contributed by atoms with E-state index in [4.69, 9.17) is 10.5 Å². The van der Waals surface area contributed by atoms with Gasteiger partial charge in [-0.15, -0.1) is 0 Å². The number of nitrogens with two attached hydrogens (primary N) is 1. The number of halogens is 1. The first-order chi connectivity index (χ1) is 9.17. The summed E-state index contributed by atoms with van der Waals surface area (Å²) in [5, 5.41) is 0. The summed E-state index contributed by atoms with van der Waals surface area (Å²) in [6, 6.07) is 6.23. The Balaban J connectivity index is 2.31. The lowest BCUT2D eigenvalue weighted by atomic mass is 10.1. The molecule has 0 bridgehead atoms. The van der Waals surface area contributed by atoms with Gasteiger partial charge >= 0.3 is 0 Å². The second-order valence-electron chi connectivity index (χ2n) is 5.10. The Morgan fingerprint density at radius 3 is 2.68 bits per heavy atom. The SMILES string of the molecule is CCCCCCC(C)OCc1ccc(CN)cc1Br. The van der Waals surface area contributed by atoms with E-state index in [2.05, 4.69) is 48.0 Å². The van der Waals surface area contributed by atoms with Gasteiger partial charge in [-0.1, -0.05) is 60.7 Å². The fourth-order valence-corrected chi connectivity index (χ4v) is 2.55. The van der Waals surface area contributed by atoms with Crippen LogP contribution in [0.4, 0.5) is 0 Å². The predicted molar refractivity (Wildman–Crippen MR) is 85.0 cm³/mol. The second-order valence-corrected chi connectivity index (χ2v) is 5.96. The lowest BCUT2D eigenvalue weighted by Crippen LogP contribution is -2.08. The highest BCUT2D eigenvalue weighted by Crippen LogP contribution is 2.20. The normalized spacial score (nSPS) is 12.6. The van der Waals surface area contributed by atoms with Crippen LogP contribution >= 0.6 is 15.9 Å². The minimum atomic E-state index is 0.331. The average Bonchev–Trinajstić information content (AvgIpc) is 2.42. The van der Waals surface area contributed by atoms with Crippen LogP contribution in [0.25, 0.3) is 0 Å². The molecule has 2 nitrogen and oxygen atoms in total. The van der Waals surface area contributed by atoms with Gasteiger partial charge in [-0.3, -0.25) is 0 Å². The molecule has 0 saturated carbocycles. The maximum absolute atomic E-state index is 5.90. The molecule has 0 heterocycles. The van der Waals surface area contributed by atoms with Crippen molar-refractivity contribution in [2.24, 2.45) is 5.73 Å². The van der Waals surface area contributed by atoms with Gasteiger partial charge in [0.1, 0.15) is 0 Å². The smallest absolute Gasteiger partial charge is 0.0731 e. The Labute approximate surface area is 125 Å². The van der Waals surface area contributed by atoms with Crippen molar-refractivity contribution >= 4 is 15.9 Å². The maximum Gasteiger partial charge on any atom is 0.0731 e. The van der Waals surface area contributed by atoms with Crippen LogP contribution in [-0.4, -0.2) is 6.10 Å². The molecule has 0 fully saturated rings. The Morgan fingerprint density at radius 1 is 1.26 bits per heavy atom. The summed E-state index contributed by atoms with van der Waals surface area (Å²) in [6.45, 7) is 5.64. The number of ether oxygens (including phenoxy) is 1. The zero-order valence-electron chi connectivity index (χ0n) is 12.1. The van der Waals surface area contributed by atoms with Crippen molar-refractivity contribution in [1.82, 2.24) is 0 Å². The fourth-order valence-electron chi connectivity index (χ4n) is 2.01. The van der Waals surface area contributed by atoms with Crippen molar-refractivity contribution in [3.8, 4) is 0 Å². The highest BCUT2D eigenvalue weighted by atomic mass is 79.9. The standard InChI is InChI=1S/C16H26BrNO/c1-3-4-5-6-7-13(2)19-12-15-9-8-14(11-18)10-16(15)17/h8-10,13H,3-7,11-12,18H2,1-2H3. The van der Waals surface area contributed by atoms with Gasteiger partial charge in [-0.05, 0) is 30.5 Å². The Bertz CT molecular complexity index is 368. The van der Waals surface area contributed by atoms with E-state index in [0.29, 0.717) is 19.3 Å². The number of hydrogen-bond acceptors (Lipinski definition) is 2. The van der Waals surface area contributed by atoms with Crippen LogP contribution in [0.3, 0.4) is 0 Å². The molecular formula is C16H26BrNO. The zero-order chi connectivity index (χ0) is 14.1. The summed E-state index contributed by atoms with van der Waals surface area (Å²) in [6.07, 6.45) is 6.69. The van der Waals surface area contributed by atoms with Crippen LogP contribution in [0.2, 0.25) is 0 Å². The predicted octanol–water partition coefficient (Wildman–Crippen LogP) is 4.78. The van der Waals surface area contributed by atoms with Gasteiger partial charge in [0.25, 0.3) is 0 Å². The molecule has 0 aliphatic carbocycles. The molecule has 2 N–H and O–H groups in total. The molecule has 1 aromatic rings. The van der Waals surface area contributed by atoms with Crippen LogP contribution in [-0.2, 0) is 17.9 Å². The van der Waals surface area contributed by atoms with Gasteiger partial charge in [0, 0.05) is 11.0 Å². The third-order valence-electron chi connectivity index (χ3n) is 3.34. The van der Waals surface area contributed by atoms with Crippen molar-refractivity contribution in [2.75, 3.05) is 0 Å². The number of hydrogen-bond donors (Lipinski definition) is 1. The fraction of sp³-hybridized carbons (Fsp3) is 0.625. The van der Waals surface area contributed by atoms with Crippen molar-refractivity contribution in [1.29, 1.82) is 0 Å². The summed E-state index contributed by atoms with van der Waals surface area (Å²) in [5.74, 6) is 0. The van der Waals surface area contributed by atoms with Crippen LogP contribution in [0.5, 0.6) is 0 Å². The van der Waals surface area contributed by atoms with Gasteiger partial charge in [0.2, 0.25) is 0 Å². The highest BCUT2D eigenvalue weighted by molar-refractivity contribution is 9.10. The van der Waals surface area contributed by atoms with E-state index in [9.17, 15) is 0 Å². The minimum Gasteiger partial charge on any atom is -0.374 e. The lowest BCUT2D eigenvalue weighted by Gasteiger charge is -2.14. The second kappa shape index (κ2) is 9.51. The molecule has 0 aliphatic rings. The van der Waals surface area contributed by atoms with Gasteiger partial charge in [0.05, 0.1) is 12.7 Å². The molecule has 1 atom stereocenters. The van der Waals surface area contributed by atoms with Crippen LogP contribution in [0, 0.1) is 0 Å². The molecule has 0 aliphatic heterocycles. The molecule has 19 heavy (non-hydrogen) atoms. The first-order valence-corrected chi connectivity index (χ1v) is 8.05. The van der Waals surface area contributed by atoms with Gasteiger partial charge in [-0.2, -0.15) is 0 Å². The summed E-state index contributed by atoms with van der Waals surface area (Å²) in [5.41, 5.74) is 7.95. The minimum absolute atomic E-state index is 0.331. The number of benzene rings is 1. The van der Waals surface area contributed by atoms with E-state index in [-0.39, 0.29) is 0 Å². The average molecular weight is 328 g/mol. The van der Waals surface area contributed by atoms with Crippen LogP contribution < -0.4 is 5.73 Å². The molecule has 1 unspecified atom stereocenters. The third-order valence-corrected chi connectivity index (χ3v) is 4.08. The zero-order valence-corrected chi connectivity index (χ0v) is 13.7. The molecule has 1 rings (SSSR count). The van der Waals surface area contributed by atoms with Crippen molar-refractivity contribution in [3.05, 3.63) is 33.8 Å². The van der Waals surface area contributed by atoms with Crippen molar-refractivity contribution in [3.63, 3.8) is 0 Å². The summed E-state index contributed by atoms with van der Waals surface area (Å²) in [4.78, 5) is 0. The van der Waals surface area contributed by atoms with E-state index < -0.39 is 0 Å². The van der Waals surface area contributed by atoms with Gasteiger partial charge in [-0.25, -0.2) is 0 Å². The Kier molecular flexibility index (Phi) is 8.35. The van der Waals surface area contributed by atoms with E-state index in [1.807, 2.05) is 0 Å². The monoisotopic (exact) mass is 327 g/mol. The van der Waals surface area contributed by atoms with E-state index in [1.54, 1.807) is 0 Å². The van der Waals surface area contributed by atoms with E-state index in [0.717, 1.165) is 16.5 Å². The molecule has 3 heteroatoms. The quantitative estimate of drug-likeness (QED) is 0.662. The summed E-state index contributed by atoms with van der Waals surface area (Å²) in [7, 11) is 0. The number of rotatable bonds is 9. The third kappa shape index (κ3) is 6.55. The molecule has 0 radical (unpaired) electrons. The van der Waals surface area contributed by atoms with Gasteiger partial charge in [0.15, 0.2) is 0 Å². The van der Waals surface area contributed by atoms with Crippen LogP contribution in [0.1, 0.15) is 57.1 Å². The molecule has 108 valence electrons. The summed E-state index contributed by atoms with van der Waals surface area (Å²) < 4.78 is 6.99. The van der Waals surface area contributed by atoms with Crippen molar-refractivity contribution in [2.45, 2.75) is 65.2 Å². The molecule has 0 spiro atoms. The van der Waals surface area contributed by atoms with E-state index >= 15 is 0 Å². The van der Waals surface area contributed by atoms with Gasteiger partial charge < -0.3 is 10.5 Å². The Morgan fingerprint density at radius 2 is 2.05 bits per heavy atom. The first-order valence-electron chi connectivity index (χ1n) is 7.26. The topological polar surface area (TPSA) is 35.2 Å². The maximum atomic E-state index is 5.90. The molecule has 0 saturated heterocycles. The molecule has 0 aromatic heterocycles. The Hall–Kier alpha value is -0.380. The van der Waals surface area contributed by atoms with E-state index in [1.165, 1.54) is 31.2 Å². The highest BCUT2D eigenvalue weighted by Gasteiger charge is 2.05. The molecule has 1 aromatic carbocycles. The van der Waals surface area contributed by atoms with Crippen molar-refractivity contribution < 1.29 is 4.74 Å². The number of unbranched alkanes of at least 4 members (excludes halogenated alkanes) is 3. The first kappa shape index (κ1) is 16.7. The largest absolute Gasteiger partial charge is 0.374 e. The lowest BCUT2D eigenvalue weighted by molar-refractivity contribution is 0.0456. The molecule has 0 amide bonds. The summed E-state index contributed by atoms with van der Waals surface area (Å²) >= 11 is 3.58. The molecular weight excluding hydrogens is 302 g/mol.